The highest BCUT2D eigenvalue weighted by Crippen LogP contribution is 2.19. The first-order valence-electron chi connectivity index (χ1n) is 7.33. The second kappa shape index (κ2) is 7.24. The van der Waals surface area contributed by atoms with Gasteiger partial charge in [-0.25, -0.2) is 4.68 Å². The van der Waals surface area contributed by atoms with E-state index in [0.29, 0.717) is 18.3 Å². The lowest BCUT2D eigenvalue weighted by Crippen LogP contribution is -2.40. The smallest absolute Gasteiger partial charge is 0.287 e. The van der Waals surface area contributed by atoms with Crippen LogP contribution in [0.3, 0.4) is 0 Å². The first-order chi connectivity index (χ1) is 9.97. The Hall–Kier alpha value is -1.11. The van der Waals surface area contributed by atoms with Crippen molar-refractivity contribution in [3.63, 3.8) is 0 Å². The van der Waals surface area contributed by atoms with Gasteiger partial charge in [-0.3, -0.25) is 4.79 Å². The number of aromatic nitrogens is 2. The van der Waals surface area contributed by atoms with Gasteiger partial charge in [0.05, 0.1) is 18.4 Å². The van der Waals surface area contributed by atoms with E-state index in [0.717, 1.165) is 32.5 Å². The van der Waals surface area contributed by atoms with E-state index in [1.165, 1.54) is 4.68 Å². The molecule has 1 aliphatic heterocycles. The minimum absolute atomic E-state index is 0.229. The van der Waals surface area contributed by atoms with Gasteiger partial charge in [-0.2, -0.15) is 5.10 Å². The molecule has 1 N–H and O–H groups in total. The summed E-state index contributed by atoms with van der Waals surface area (Å²) in [5, 5.41) is 7.80. The first-order valence-corrected chi connectivity index (χ1v) is 7.70. The average molecular weight is 314 g/mol. The summed E-state index contributed by atoms with van der Waals surface area (Å²) in [5.41, 5.74) is 0.413. The van der Waals surface area contributed by atoms with Gasteiger partial charge in [0.25, 0.3) is 5.56 Å². The summed E-state index contributed by atoms with van der Waals surface area (Å²) < 4.78 is 1.42. The highest BCUT2D eigenvalue weighted by Gasteiger charge is 2.19. The van der Waals surface area contributed by atoms with Crippen LogP contribution in [0.25, 0.3) is 0 Å². The lowest BCUT2D eigenvalue weighted by atomic mass is 10.1. The third kappa shape index (κ3) is 4.43. The molecule has 6 nitrogen and oxygen atoms in total. The van der Waals surface area contributed by atoms with Gasteiger partial charge < -0.3 is 15.1 Å². The maximum Gasteiger partial charge on any atom is 0.287 e. The summed E-state index contributed by atoms with van der Waals surface area (Å²) in [6.07, 6.45) is 3.90. The van der Waals surface area contributed by atoms with Gasteiger partial charge in [0, 0.05) is 19.1 Å². The minimum Gasteiger partial charge on any atom is -0.378 e. The normalized spacial score (nSPS) is 20.0. The van der Waals surface area contributed by atoms with Crippen molar-refractivity contribution in [3.8, 4) is 0 Å². The van der Waals surface area contributed by atoms with Crippen molar-refractivity contribution in [1.29, 1.82) is 0 Å². The molecule has 1 unspecified atom stereocenters. The summed E-state index contributed by atoms with van der Waals surface area (Å²) >= 11 is 6.21. The largest absolute Gasteiger partial charge is 0.378 e. The van der Waals surface area contributed by atoms with Crippen molar-refractivity contribution in [2.45, 2.75) is 25.4 Å². The van der Waals surface area contributed by atoms with Gasteiger partial charge in [0.15, 0.2) is 0 Å². The van der Waals surface area contributed by atoms with Gasteiger partial charge in [-0.05, 0) is 40.5 Å². The average Bonchev–Trinajstić information content (AvgIpc) is 2.43. The zero-order valence-corrected chi connectivity index (χ0v) is 13.7. The zero-order chi connectivity index (χ0) is 15.4. The molecule has 0 aromatic carbocycles. The summed E-state index contributed by atoms with van der Waals surface area (Å²) in [5.74, 6) is 0. The van der Waals surface area contributed by atoms with E-state index in [2.05, 4.69) is 22.4 Å². The third-order valence-electron chi connectivity index (χ3n) is 3.73. The zero-order valence-electron chi connectivity index (χ0n) is 13.0. The maximum absolute atomic E-state index is 12.2. The number of hydrogen-bond acceptors (Lipinski definition) is 5. The van der Waals surface area contributed by atoms with Crippen LogP contribution in [-0.2, 0) is 6.54 Å². The van der Waals surface area contributed by atoms with E-state index in [1.807, 2.05) is 19.0 Å². The molecule has 0 saturated carbocycles. The quantitative estimate of drug-likeness (QED) is 0.877. The number of halogens is 1. The molecule has 1 fully saturated rings. The van der Waals surface area contributed by atoms with Crippen molar-refractivity contribution in [2.24, 2.45) is 0 Å². The molecule has 1 aromatic rings. The van der Waals surface area contributed by atoms with Gasteiger partial charge in [-0.15, -0.1) is 0 Å². The Labute approximate surface area is 130 Å². The van der Waals surface area contributed by atoms with E-state index in [9.17, 15) is 4.79 Å². The van der Waals surface area contributed by atoms with Gasteiger partial charge >= 0.3 is 0 Å². The number of nitrogens with zero attached hydrogens (tertiary/aromatic N) is 4. The summed E-state index contributed by atoms with van der Waals surface area (Å²) in [6.45, 7) is 3.37. The van der Waals surface area contributed by atoms with Crippen LogP contribution >= 0.6 is 11.6 Å². The number of piperidine rings is 1. The van der Waals surface area contributed by atoms with E-state index in [4.69, 9.17) is 11.6 Å². The number of anilines is 1. The molecule has 1 aliphatic rings. The van der Waals surface area contributed by atoms with Gasteiger partial charge in [0.2, 0.25) is 0 Å². The van der Waals surface area contributed by atoms with Crippen molar-refractivity contribution >= 4 is 17.3 Å². The van der Waals surface area contributed by atoms with Crippen LogP contribution in [0.2, 0.25) is 5.02 Å². The molecule has 1 saturated heterocycles. The highest BCUT2D eigenvalue weighted by molar-refractivity contribution is 6.32. The molecule has 1 aromatic heterocycles. The van der Waals surface area contributed by atoms with Crippen molar-refractivity contribution in [3.05, 3.63) is 21.6 Å². The van der Waals surface area contributed by atoms with E-state index >= 15 is 0 Å². The molecule has 0 bridgehead atoms. The molecule has 2 heterocycles. The monoisotopic (exact) mass is 313 g/mol. The van der Waals surface area contributed by atoms with Crippen molar-refractivity contribution in [2.75, 3.05) is 46.1 Å². The van der Waals surface area contributed by atoms with Crippen LogP contribution in [0.15, 0.2) is 11.0 Å². The van der Waals surface area contributed by atoms with Gasteiger partial charge in [-0.1, -0.05) is 11.6 Å². The molecule has 0 amide bonds. The van der Waals surface area contributed by atoms with Crippen LogP contribution in [-0.4, -0.2) is 66.4 Å². The number of likely N-dealkylation sites (N-methyl/N-ethyl adjacent to an activating group) is 2. The molecule has 0 radical (unpaired) electrons. The Balaban J connectivity index is 2.07. The van der Waals surface area contributed by atoms with E-state index in [-0.39, 0.29) is 10.6 Å². The van der Waals surface area contributed by atoms with Crippen LogP contribution in [0.5, 0.6) is 0 Å². The molecule has 21 heavy (non-hydrogen) atoms. The fourth-order valence-corrected chi connectivity index (χ4v) is 2.72. The predicted octanol–water partition coefficient (Wildman–Crippen LogP) is 0.964. The number of likely N-dealkylation sites (tertiary alicyclic amines) is 1. The molecule has 0 aliphatic carbocycles. The topological polar surface area (TPSA) is 53.4 Å². The Morgan fingerprint density at radius 3 is 2.95 bits per heavy atom. The number of rotatable bonds is 5. The van der Waals surface area contributed by atoms with Crippen LogP contribution in [0, 0.1) is 0 Å². The minimum atomic E-state index is -0.229. The van der Waals surface area contributed by atoms with E-state index in [1.54, 1.807) is 6.20 Å². The van der Waals surface area contributed by atoms with Crippen molar-refractivity contribution < 1.29 is 0 Å². The predicted molar refractivity (Wildman–Crippen MR) is 86.2 cm³/mol. The second-order valence-corrected chi connectivity index (χ2v) is 6.33. The second-order valence-electron chi connectivity index (χ2n) is 5.95. The summed E-state index contributed by atoms with van der Waals surface area (Å²) in [7, 11) is 6.03. The highest BCUT2D eigenvalue weighted by atomic mass is 35.5. The Kier molecular flexibility index (Phi) is 5.61. The molecule has 7 heteroatoms. The lowest BCUT2D eigenvalue weighted by molar-refractivity contribution is 0.261. The van der Waals surface area contributed by atoms with Crippen LogP contribution in [0.4, 0.5) is 5.69 Å². The molecule has 1 atom stereocenters. The molecule has 2 rings (SSSR count). The maximum atomic E-state index is 12.2. The standard InChI is InChI=1S/C14H24ClN5O/c1-18(2)7-8-20-14(21)13(15)12(9-16-20)17-11-5-4-6-19(3)10-11/h9,11,17H,4-8,10H2,1-3H3. The van der Waals surface area contributed by atoms with Crippen molar-refractivity contribution in [1.82, 2.24) is 19.6 Å². The Morgan fingerprint density at radius 2 is 2.29 bits per heavy atom. The third-order valence-corrected chi connectivity index (χ3v) is 4.09. The summed E-state index contributed by atoms with van der Waals surface area (Å²) in [6, 6.07) is 0.320. The van der Waals surface area contributed by atoms with Crippen LogP contribution < -0.4 is 10.9 Å². The Bertz CT molecular complexity index is 531. The number of hydrogen-bond donors (Lipinski definition) is 1. The fraction of sp³-hybridized carbons (Fsp3) is 0.714. The summed E-state index contributed by atoms with van der Waals surface area (Å²) in [4.78, 5) is 16.5. The fourth-order valence-electron chi connectivity index (χ4n) is 2.52. The molecular weight excluding hydrogens is 290 g/mol. The van der Waals surface area contributed by atoms with E-state index < -0.39 is 0 Å². The lowest BCUT2D eigenvalue weighted by Gasteiger charge is -2.31. The molecule has 118 valence electrons. The SMILES string of the molecule is CN(C)CCn1ncc(NC2CCCN(C)C2)c(Cl)c1=O. The molecule has 0 spiro atoms. The number of nitrogens with one attached hydrogen (secondary N) is 1. The Morgan fingerprint density at radius 1 is 1.52 bits per heavy atom. The first kappa shape index (κ1) is 16.3. The van der Waals surface area contributed by atoms with Gasteiger partial charge in [0.1, 0.15) is 5.02 Å². The molecular formula is C14H24ClN5O. The van der Waals surface area contributed by atoms with Crippen LogP contribution in [0.1, 0.15) is 12.8 Å².